The molecule has 4 rings (SSSR count). The number of aromatic nitrogens is 3. The van der Waals surface area contributed by atoms with E-state index in [2.05, 4.69) is 15.6 Å². The molecule has 1 aromatic carbocycles. The number of rotatable bonds is 12. The molecule has 8 heteroatoms. The van der Waals surface area contributed by atoms with Crippen molar-refractivity contribution in [1.29, 1.82) is 0 Å². The Hall–Kier alpha value is -3.03. The van der Waals surface area contributed by atoms with Gasteiger partial charge in [0.25, 0.3) is 0 Å². The molecule has 1 heterocycles. The number of carbonyl (C=O) groups is 3. The number of aryl methyl sites for hydroxylation is 2. The summed E-state index contributed by atoms with van der Waals surface area (Å²) in [7, 11) is 0. The number of amides is 1. The van der Waals surface area contributed by atoms with E-state index in [9.17, 15) is 14.4 Å². The maximum Gasteiger partial charge on any atom is 0.306 e. The van der Waals surface area contributed by atoms with Gasteiger partial charge in [-0.05, 0) is 75.0 Å². The molecule has 8 nitrogen and oxygen atoms in total. The molecule has 0 aliphatic heterocycles. The van der Waals surface area contributed by atoms with Crippen molar-refractivity contribution in [3.63, 3.8) is 0 Å². The van der Waals surface area contributed by atoms with E-state index in [0.29, 0.717) is 37.4 Å². The van der Waals surface area contributed by atoms with Gasteiger partial charge in [-0.3, -0.25) is 19.1 Å². The highest BCUT2D eigenvalue weighted by molar-refractivity contribution is 6.04. The lowest BCUT2D eigenvalue weighted by molar-refractivity contribution is -0.143. The predicted molar refractivity (Wildman–Crippen MR) is 140 cm³/mol. The molecule has 2 unspecified atom stereocenters. The van der Waals surface area contributed by atoms with E-state index in [4.69, 9.17) is 4.74 Å². The lowest BCUT2D eigenvalue weighted by atomic mass is 9.88. The van der Waals surface area contributed by atoms with Crippen molar-refractivity contribution < 1.29 is 19.1 Å². The fraction of sp³-hybridized carbons (Fsp3) is 0.621. The van der Waals surface area contributed by atoms with Crippen LogP contribution in [0.15, 0.2) is 24.4 Å². The molecule has 1 fully saturated rings. The van der Waals surface area contributed by atoms with Crippen molar-refractivity contribution >= 4 is 17.7 Å². The average molecular weight is 509 g/mol. The second-order valence-corrected chi connectivity index (χ2v) is 10.5. The summed E-state index contributed by atoms with van der Waals surface area (Å²) in [6.07, 6.45) is 10.5. The van der Waals surface area contributed by atoms with Crippen molar-refractivity contribution in [1.82, 2.24) is 20.3 Å². The van der Waals surface area contributed by atoms with Crippen LogP contribution < -0.4 is 5.32 Å². The Morgan fingerprint density at radius 2 is 2.00 bits per heavy atom. The van der Waals surface area contributed by atoms with Crippen LogP contribution in [0.3, 0.4) is 0 Å². The number of Topliss-reactive ketones (excluding diaryl/α,β-unsaturated/α-hetero) is 1. The molecule has 1 saturated carbocycles. The van der Waals surface area contributed by atoms with Gasteiger partial charge >= 0.3 is 5.97 Å². The second kappa shape index (κ2) is 13.0. The third-order valence-electron chi connectivity index (χ3n) is 7.83. The molecule has 0 spiro atoms. The summed E-state index contributed by atoms with van der Waals surface area (Å²) in [5.74, 6) is -0.0858. The molecule has 0 radical (unpaired) electrons. The first kappa shape index (κ1) is 27.0. The van der Waals surface area contributed by atoms with Crippen LogP contribution in [-0.2, 0) is 33.7 Å². The third-order valence-corrected chi connectivity index (χ3v) is 7.83. The van der Waals surface area contributed by atoms with Crippen molar-refractivity contribution in [3.05, 3.63) is 46.8 Å². The number of ether oxygens (including phenoxy) is 1. The molecule has 2 aliphatic carbocycles. The van der Waals surface area contributed by atoms with Gasteiger partial charge in [0.2, 0.25) is 5.91 Å². The lowest BCUT2D eigenvalue weighted by Gasteiger charge is -2.22. The van der Waals surface area contributed by atoms with E-state index in [1.54, 1.807) is 11.6 Å². The SMILES string of the molecule is CCOC(=O)CC(CCc1cn(CC)nn1)c1ccc2c(c1)C(=O)C(CC(=O)NCC1CCCCC1)C2. The van der Waals surface area contributed by atoms with Crippen molar-refractivity contribution in [2.24, 2.45) is 11.8 Å². The van der Waals surface area contributed by atoms with Gasteiger partial charge in [0.15, 0.2) is 5.78 Å². The topological polar surface area (TPSA) is 103 Å². The van der Waals surface area contributed by atoms with Gasteiger partial charge in [0, 0.05) is 37.2 Å². The summed E-state index contributed by atoms with van der Waals surface area (Å²) in [5.41, 5.74) is 3.51. The monoisotopic (exact) mass is 508 g/mol. The first-order valence-corrected chi connectivity index (χ1v) is 13.9. The molecule has 0 saturated heterocycles. The minimum Gasteiger partial charge on any atom is -0.466 e. The van der Waals surface area contributed by atoms with Gasteiger partial charge in [-0.25, -0.2) is 0 Å². The van der Waals surface area contributed by atoms with Crippen LogP contribution in [-0.4, -0.2) is 45.8 Å². The number of benzene rings is 1. The smallest absolute Gasteiger partial charge is 0.306 e. The van der Waals surface area contributed by atoms with Gasteiger partial charge in [-0.15, -0.1) is 5.10 Å². The second-order valence-electron chi connectivity index (χ2n) is 10.5. The Balaban J connectivity index is 1.40. The first-order chi connectivity index (χ1) is 18.0. The van der Waals surface area contributed by atoms with E-state index in [1.807, 2.05) is 31.3 Å². The van der Waals surface area contributed by atoms with Crippen LogP contribution in [0.5, 0.6) is 0 Å². The fourth-order valence-electron chi connectivity index (χ4n) is 5.68. The third kappa shape index (κ3) is 7.27. The predicted octanol–water partition coefficient (Wildman–Crippen LogP) is 4.41. The highest BCUT2D eigenvalue weighted by Gasteiger charge is 2.33. The van der Waals surface area contributed by atoms with Gasteiger partial charge in [0.1, 0.15) is 0 Å². The molecule has 1 amide bonds. The van der Waals surface area contributed by atoms with Crippen LogP contribution in [0, 0.1) is 11.8 Å². The molecular weight excluding hydrogens is 468 g/mol. The fourth-order valence-corrected chi connectivity index (χ4v) is 5.68. The molecule has 1 N–H and O–H groups in total. The molecule has 2 atom stereocenters. The number of carbonyl (C=O) groups excluding carboxylic acids is 3. The van der Waals surface area contributed by atoms with Crippen LogP contribution in [0.4, 0.5) is 0 Å². The Morgan fingerprint density at radius 3 is 2.73 bits per heavy atom. The molecule has 2 aromatic rings. The minimum absolute atomic E-state index is 0.0303. The summed E-state index contributed by atoms with van der Waals surface area (Å²) >= 11 is 0. The Bertz CT molecular complexity index is 1090. The number of nitrogens with one attached hydrogen (secondary N) is 1. The molecule has 1 aromatic heterocycles. The van der Waals surface area contributed by atoms with E-state index < -0.39 is 0 Å². The van der Waals surface area contributed by atoms with Gasteiger partial charge < -0.3 is 10.1 Å². The maximum atomic E-state index is 13.3. The first-order valence-electron chi connectivity index (χ1n) is 13.9. The molecule has 37 heavy (non-hydrogen) atoms. The number of esters is 1. The summed E-state index contributed by atoms with van der Waals surface area (Å²) in [4.78, 5) is 38.2. The maximum absolute atomic E-state index is 13.3. The van der Waals surface area contributed by atoms with E-state index in [0.717, 1.165) is 29.9 Å². The van der Waals surface area contributed by atoms with Crippen molar-refractivity contribution in [3.8, 4) is 0 Å². The number of hydrogen-bond donors (Lipinski definition) is 1. The zero-order valence-electron chi connectivity index (χ0n) is 22.2. The molecule has 200 valence electrons. The van der Waals surface area contributed by atoms with E-state index in [1.165, 1.54) is 32.1 Å². The Labute approximate surface area is 219 Å². The number of fused-ring (bicyclic) bond motifs is 1. The number of ketones is 1. The molecule has 0 bridgehead atoms. The van der Waals surface area contributed by atoms with Crippen molar-refractivity contribution in [2.75, 3.05) is 13.2 Å². The average Bonchev–Trinajstić information content (AvgIpc) is 3.50. The van der Waals surface area contributed by atoms with Crippen LogP contribution >= 0.6 is 0 Å². The molecular formula is C29H40N4O4. The highest BCUT2D eigenvalue weighted by atomic mass is 16.5. The van der Waals surface area contributed by atoms with Crippen molar-refractivity contribution in [2.45, 2.75) is 90.5 Å². The minimum atomic E-state index is -0.316. The summed E-state index contributed by atoms with van der Waals surface area (Å²) in [6, 6.07) is 5.95. The standard InChI is InChI=1S/C29H40N4O4/c1-3-33-19-25(31-32-33)13-12-22(17-28(35)37-4-2)21-10-11-23-14-24(29(36)26(23)15-21)16-27(34)30-18-20-8-6-5-7-9-20/h10-11,15,19-20,22,24H,3-9,12-14,16-18H2,1-2H3,(H,30,34). The van der Waals surface area contributed by atoms with Crippen LogP contribution in [0.2, 0.25) is 0 Å². The van der Waals surface area contributed by atoms with Gasteiger partial charge in [-0.2, -0.15) is 0 Å². The van der Waals surface area contributed by atoms with Gasteiger partial charge in [-0.1, -0.05) is 36.6 Å². The number of hydrogen-bond acceptors (Lipinski definition) is 6. The quantitative estimate of drug-likeness (QED) is 0.426. The highest BCUT2D eigenvalue weighted by Crippen LogP contribution is 2.34. The lowest BCUT2D eigenvalue weighted by Crippen LogP contribution is -2.32. The number of nitrogens with zero attached hydrogens (tertiary/aromatic N) is 3. The van der Waals surface area contributed by atoms with E-state index in [-0.39, 0.29) is 42.3 Å². The summed E-state index contributed by atoms with van der Waals surface area (Å²) < 4.78 is 7.01. The largest absolute Gasteiger partial charge is 0.466 e. The Kier molecular flexibility index (Phi) is 9.47. The van der Waals surface area contributed by atoms with Crippen LogP contribution in [0.25, 0.3) is 0 Å². The van der Waals surface area contributed by atoms with Crippen LogP contribution in [0.1, 0.15) is 98.3 Å². The summed E-state index contributed by atoms with van der Waals surface area (Å²) in [5, 5.41) is 11.4. The molecule has 2 aliphatic rings. The zero-order chi connectivity index (χ0) is 26.2. The summed E-state index contributed by atoms with van der Waals surface area (Å²) in [6.45, 7) is 5.63. The normalized spacial score (nSPS) is 18.4. The van der Waals surface area contributed by atoms with E-state index >= 15 is 0 Å². The zero-order valence-corrected chi connectivity index (χ0v) is 22.2. The Morgan fingerprint density at radius 1 is 1.19 bits per heavy atom. The van der Waals surface area contributed by atoms with Gasteiger partial charge in [0.05, 0.1) is 18.7 Å².